The molecule has 0 N–H and O–H groups in total. The molecule has 1 heterocycles. The van der Waals surface area contributed by atoms with E-state index in [-0.39, 0.29) is 5.91 Å². The van der Waals surface area contributed by atoms with E-state index in [0.29, 0.717) is 6.42 Å². The molecule has 0 atom stereocenters. The Hall–Kier alpha value is -1.90. The zero-order chi connectivity index (χ0) is 14.0. The minimum atomic E-state index is 0.156. The number of hydrogen-bond acceptors (Lipinski definition) is 2. The van der Waals surface area contributed by atoms with Crippen LogP contribution in [0.25, 0.3) is 0 Å². The first-order chi connectivity index (χ1) is 9.02. The van der Waals surface area contributed by atoms with Gasteiger partial charge in [-0.2, -0.15) is 0 Å². The van der Waals surface area contributed by atoms with Crippen molar-refractivity contribution in [3.63, 3.8) is 0 Å². The summed E-state index contributed by atoms with van der Waals surface area (Å²) in [4.78, 5) is 18.0. The molecule has 3 nitrogen and oxygen atoms in total. The first kappa shape index (κ1) is 13.5. The van der Waals surface area contributed by atoms with Gasteiger partial charge in [-0.15, -0.1) is 0 Å². The summed E-state index contributed by atoms with van der Waals surface area (Å²) in [7, 11) is 1.82. The van der Waals surface area contributed by atoms with E-state index in [2.05, 4.69) is 31.0 Å². The Morgan fingerprint density at radius 2 is 2.16 bits per heavy atom. The van der Waals surface area contributed by atoms with Gasteiger partial charge in [0.15, 0.2) is 0 Å². The summed E-state index contributed by atoms with van der Waals surface area (Å²) in [6.07, 6.45) is 2.58. The number of carbonyl (C=O) groups excluding carboxylic acids is 1. The average molecular weight is 256 g/mol. The lowest BCUT2D eigenvalue weighted by atomic mass is 10.0. The molecule has 0 unspecified atom stereocenters. The molecule has 1 aliphatic heterocycles. The Kier molecular flexibility index (Phi) is 3.84. The van der Waals surface area contributed by atoms with Crippen LogP contribution in [0.5, 0.6) is 0 Å². The van der Waals surface area contributed by atoms with Crippen molar-refractivity contribution in [1.29, 1.82) is 0 Å². The third-order valence-corrected chi connectivity index (χ3v) is 3.21. The molecule has 1 aromatic rings. The number of rotatable bonds is 3. The number of aliphatic imine (C=N–C) groups is 1. The minimum Gasteiger partial charge on any atom is -0.315 e. The van der Waals surface area contributed by atoms with Gasteiger partial charge in [0.25, 0.3) is 0 Å². The van der Waals surface area contributed by atoms with Crippen molar-refractivity contribution in [2.75, 3.05) is 18.5 Å². The largest absolute Gasteiger partial charge is 0.315 e. The van der Waals surface area contributed by atoms with E-state index >= 15 is 0 Å². The number of nitrogens with zero attached hydrogens (tertiary/aromatic N) is 2. The van der Waals surface area contributed by atoms with Crippen molar-refractivity contribution in [3.8, 4) is 0 Å². The summed E-state index contributed by atoms with van der Waals surface area (Å²) in [6, 6.07) is 6.14. The molecule has 0 spiro atoms. The van der Waals surface area contributed by atoms with Crippen molar-refractivity contribution in [2.45, 2.75) is 27.2 Å². The van der Waals surface area contributed by atoms with Gasteiger partial charge in [0.1, 0.15) is 0 Å². The van der Waals surface area contributed by atoms with E-state index in [1.54, 1.807) is 4.90 Å². The van der Waals surface area contributed by atoms with Crippen LogP contribution in [-0.2, 0) is 11.2 Å². The van der Waals surface area contributed by atoms with Crippen LogP contribution in [0.3, 0.4) is 0 Å². The zero-order valence-electron chi connectivity index (χ0n) is 12.0. The maximum Gasteiger partial charge on any atom is 0.231 e. The molecule has 0 saturated carbocycles. The maximum atomic E-state index is 11.7. The molecule has 19 heavy (non-hydrogen) atoms. The lowest BCUT2D eigenvalue weighted by Gasteiger charge is -2.11. The molecule has 0 aromatic heterocycles. The monoisotopic (exact) mass is 256 g/mol. The Morgan fingerprint density at radius 1 is 1.42 bits per heavy atom. The molecule has 0 radical (unpaired) electrons. The lowest BCUT2D eigenvalue weighted by molar-refractivity contribution is -0.117. The van der Waals surface area contributed by atoms with Crippen LogP contribution in [0.1, 0.15) is 31.9 Å². The number of fused-ring (bicyclic) bond motifs is 1. The zero-order valence-corrected chi connectivity index (χ0v) is 12.0. The lowest BCUT2D eigenvalue weighted by Crippen LogP contribution is -2.20. The van der Waals surface area contributed by atoms with Gasteiger partial charge in [-0.25, -0.2) is 0 Å². The standard InChI is InChI=1S/C16H20N2O/c1-5-17-14(8-11(2)3)12-6-7-15-13(9-12)10-16(19)18(15)4/h6-9H,5,10H2,1-4H3. The fourth-order valence-corrected chi connectivity index (χ4v) is 2.29. The van der Waals surface area contributed by atoms with Crippen molar-refractivity contribution in [1.82, 2.24) is 0 Å². The number of likely N-dealkylation sites (N-methyl/N-ethyl adjacent to an activating group) is 1. The summed E-state index contributed by atoms with van der Waals surface area (Å²) in [5.74, 6) is 0.156. The molecule has 0 aliphatic carbocycles. The van der Waals surface area contributed by atoms with E-state index in [9.17, 15) is 4.79 Å². The van der Waals surface area contributed by atoms with Crippen molar-refractivity contribution < 1.29 is 4.79 Å². The summed E-state index contributed by atoms with van der Waals surface area (Å²) in [6.45, 7) is 6.92. The van der Waals surface area contributed by atoms with Gasteiger partial charge in [-0.05, 0) is 44.5 Å². The van der Waals surface area contributed by atoms with Gasteiger partial charge in [0.05, 0.1) is 12.1 Å². The molecule has 0 saturated heterocycles. The van der Waals surface area contributed by atoms with Crippen LogP contribution in [-0.4, -0.2) is 25.2 Å². The third-order valence-electron chi connectivity index (χ3n) is 3.21. The SMILES string of the molecule is CCN=C(C=C(C)C)c1ccc2c(c1)CC(=O)N2C. The maximum absolute atomic E-state index is 11.7. The molecule has 0 bridgehead atoms. The van der Waals surface area contributed by atoms with E-state index in [4.69, 9.17) is 0 Å². The average Bonchev–Trinajstić information content (AvgIpc) is 2.63. The first-order valence-electron chi connectivity index (χ1n) is 6.62. The Labute approximate surface area is 114 Å². The van der Waals surface area contributed by atoms with Gasteiger partial charge < -0.3 is 4.90 Å². The second-order valence-corrected chi connectivity index (χ2v) is 5.05. The van der Waals surface area contributed by atoms with Crippen LogP contribution in [0.4, 0.5) is 5.69 Å². The number of anilines is 1. The number of benzene rings is 1. The van der Waals surface area contributed by atoms with Crippen LogP contribution >= 0.6 is 0 Å². The quantitative estimate of drug-likeness (QED) is 0.765. The van der Waals surface area contributed by atoms with Crippen LogP contribution in [0.15, 0.2) is 34.8 Å². The smallest absolute Gasteiger partial charge is 0.231 e. The van der Waals surface area contributed by atoms with Gasteiger partial charge in [-0.3, -0.25) is 9.79 Å². The summed E-state index contributed by atoms with van der Waals surface area (Å²) >= 11 is 0. The molecule has 1 aliphatic rings. The number of carbonyl (C=O) groups is 1. The molecule has 100 valence electrons. The molecule has 3 heteroatoms. The van der Waals surface area contributed by atoms with E-state index in [1.807, 2.05) is 26.1 Å². The highest BCUT2D eigenvalue weighted by molar-refractivity contribution is 6.10. The van der Waals surface area contributed by atoms with E-state index in [1.165, 1.54) is 5.57 Å². The van der Waals surface area contributed by atoms with Gasteiger partial charge >= 0.3 is 0 Å². The van der Waals surface area contributed by atoms with Crippen LogP contribution in [0.2, 0.25) is 0 Å². The molecule has 2 rings (SSSR count). The highest BCUT2D eigenvalue weighted by Crippen LogP contribution is 2.28. The predicted octanol–water partition coefficient (Wildman–Crippen LogP) is 2.98. The summed E-state index contributed by atoms with van der Waals surface area (Å²) < 4.78 is 0. The first-order valence-corrected chi connectivity index (χ1v) is 6.62. The van der Waals surface area contributed by atoms with Gasteiger partial charge in [-0.1, -0.05) is 11.6 Å². The van der Waals surface area contributed by atoms with E-state index < -0.39 is 0 Å². The number of hydrogen-bond donors (Lipinski definition) is 0. The van der Waals surface area contributed by atoms with Gasteiger partial charge in [0, 0.05) is 24.8 Å². The van der Waals surface area contributed by atoms with Crippen molar-refractivity contribution in [3.05, 3.63) is 41.0 Å². The number of allylic oxidation sites excluding steroid dienone is 2. The third kappa shape index (κ3) is 2.75. The molecular formula is C16H20N2O. The Morgan fingerprint density at radius 3 is 2.79 bits per heavy atom. The van der Waals surface area contributed by atoms with Gasteiger partial charge in [0.2, 0.25) is 5.91 Å². The fourth-order valence-electron chi connectivity index (χ4n) is 2.29. The van der Waals surface area contributed by atoms with Crippen molar-refractivity contribution in [2.24, 2.45) is 4.99 Å². The highest BCUT2D eigenvalue weighted by Gasteiger charge is 2.24. The van der Waals surface area contributed by atoms with Crippen molar-refractivity contribution >= 4 is 17.3 Å². The Bertz CT molecular complexity index is 566. The van der Waals surface area contributed by atoms with E-state index in [0.717, 1.165) is 29.1 Å². The molecule has 1 aromatic carbocycles. The normalized spacial score (nSPS) is 14.6. The van der Waals surface area contributed by atoms with Crippen LogP contribution < -0.4 is 4.90 Å². The summed E-state index contributed by atoms with van der Waals surface area (Å²) in [5, 5.41) is 0. The molecular weight excluding hydrogens is 236 g/mol. The molecule has 1 amide bonds. The topological polar surface area (TPSA) is 32.7 Å². The number of amides is 1. The second kappa shape index (κ2) is 5.39. The summed E-state index contributed by atoms with van der Waals surface area (Å²) in [5.41, 5.74) is 5.41. The fraction of sp³-hybridized carbons (Fsp3) is 0.375. The van der Waals surface area contributed by atoms with Crippen LogP contribution in [0, 0.1) is 0 Å². The minimum absolute atomic E-state index is 0.156. The molecule has 0 fully saturated rings. The highest BCUT2D eigenvalue weighted by atomic mass is 16.2. The predicted molar refractivity (Wildman–Crippen MR) is 80.1 cm³/mol. The Balaban J connectivity index is 2.43. The second-order valence-electron chi connectivity index (χ2n) is 5.05.